The predicted octanol–water partition coefficient (Wildman–Crippen LogP) is 2.22. The summed E-state index contributed by atoms with van der Waals surface area (Å²) >= 11 is 0. The molecule has 0 spiro atoms. The maximum Gasteiger partial charge on any atom is 0.191 e. The summed E-state index contributed by atoms with van der Waals surface area (Å²) in [6.07, 6.45) is 1.79. The Morgan fingerprint density at radius 1 is 1.13 bits per heavy atom. The van der Waals surface area contributed by atoms with Gasteiger partial charge in [0.25, 0.3) is 0 Å². The average Bonchev–Trinajstić information content (AvgIpc) is 2.59. The first-order valence-electron chi connectivity index (χ1n) is 7.85. The number of hydrogen-bond acceptors (Lipinski definition) is 4. The average molecular weight is 323 g/mol. The van der Waals surface area contributed by atoms with Gasteiger partial charge in [0.1, 0.15) is 17.2 Å². The summed E-state index contributed by atoms with van der Waals surface area (Å²) in [7, 11) is 6.69. The monoisotopic (exact) mass is 323 g/mol. The highest BCUT2D eigenvalue weighted by atomic mass is 16.5. The highest BCUT2D eigenvalue weighted by Gasteiger charge is 2.13. The Balaban J connectivity index is 2.77. The maximum absolute atomic E-state index is 5.46. The van der Waals surface area contributed by atoms with E-state index < -0.39 is 0 Å². The van der Waals surface area contributed by atoms with Gasteiger partial charge in [-0.15, -0.1) is 0 Å². The lowest BCUT2D eigenvalue weighted by Gasteiger charge is -2.18. The van der Waals surface area contributed by atoms with E-state index in [4.69, 9.17) is 14.2 Å². The molecule has 1 rings (SSSR count). The molecule has 23 heavy (non-hydrogen) atoms. The molecule has 6 heteroatoms. The highest BCUT2D eigenvalue weighted by Crippen LogP contribution is 2.34. The van der Waals surface area contributed by atoms with Crippen LogP contribution >= 0.6 is 0 Å². The fourth-order valence-electron chi connectivity index (χ4n) is 2.16. The van der Waals surface area contributed by atoms with Crippen molar-refractivity contribution >= 4 is 5.96 Å². The van der Waals surface area contributed by atoms with Gasteiger partial charge in [-0.1, -0.05) is 6.92 Å². The fraction of sp³-hybridized carbons (Fsp3) is 0.588. The predicted molar refractivity (Wildman–Crippen MR) is 94.1 cm³/mol. The minimum Gasteiger partial charge on any atom is -0.496 e. The summed E-state index contributed by atoms with van der Waals surface area (Å²) in [5.41, 5.74) is 1.00. The number of guanidine groups is 1. The van der Waals surface area contributed by atoms with E-state index in [9.17, 15) is 0 Å². The van der Waals surface area contributed by atoms with Gasteiger partial charge in [-0.3, -0.25) is 4.99 Å². The zero-order chi connectivity index (χ0) is 17.2. The Morgan fingerprint density at radius 3 is 2.17 bits per heavy atom. The van der Waals surface area contributed by atoms with Crippen LogP contribution in [0.4, 0.5) is 0 Å². The van der Waals surface area contributed by atoms with Crippen LogP contribution in [0.25, 0.3) is 0 Å². The van der Waals surface area contributed by atoms with E-state index in [1.807, 2.05) is 12.1 Å². The van der Waals surface area contributed by atoms with Crippen molar-refractivity contribution in [2.75, 3.05) is 34.9 Å². The van der Waals surface area contributed by atoms with Gasteiger partial charge in [-0.2, -0.15) is 0 Å². The Hall–Kier alpha value is -2.11. The Bertz CT molecular complexity index is 493. The molecule has 1 unspecified atom stereocenters. The second-order valence-corrected chi connectivity index (χ2v) is 5.21. The van der Waals surface area contributed by atoms with Crippen molar-refractivity contribution in [2.45, 2.75) is 32.7 Å². The lowest BCUT2D eigenvalue weighted by atomic mass is 10.1. The first-order valence-corrected chi connectivity index (χ1v) is 7.85. The molecule has 1 atom stereocenters. The number of rotatable bonds is 8. The number of benzene rings is 1. The minimum absolute atomic E-state index is 0.381. The standard InChI is InChI=1S/C17H29N3O3/c1-7-12(2)20-17(18-3)19-9-8-14-15(22-5)10-13(21-4)11-16(14)23-6/h10-12H,7-9H2,1-6H3,(H2,18,19,20). The van der Waals surface area contributed by atoms with Crippen molar-refractivity contribution in [3.63, 3.8) is 0 Å². The number of methoxy groups -OCH3 is 3. The second-order valence-electron chi connectivity index (χ2n) is 5.21. The minimum atomic E-state index is 0.381. The smallest absolute Gasteiger partial charge is 0.191 e. The molecule has 0 aliphatic heterocycles. The molecule has 2 N–H and O–H groups in total. The van der Waals surface area contributed by atoms with E-state index in [2.05, 4.69) is 29.5 Å². The number of nitrogens with zero attached hydrogens (tertiary/aromatic N) is 1. The molecule has 0 radical (unpaired) electrons. The molecule has 1 aromatic carbocycles. The SMILES string of the molecule is CCC(C)NC(=NC)NCCc1c(OC)cc(OC)cc1OC. The first-order chi connectivity index (χ1) is 11.1. The van der Waals surface area contributed by atoms with Crippen LogP contribution in [-0.4, -0.2) is 46.9 Å². The molecular formula is C17H29N3O3. The molecule has 0 aromatic heterocycles. The van der Waals surface area contributed by atoms with Gasteiger partial charge in [0.05, 0.1) is 21.3 Å². The number of ether oxygens (including phenoxy) is 3. The van der Waals surface area contributed by atoms with E-state index in [0.717, 1.165) is 42.4 Å². The van der Waals surface area contributed by atoms with Gasteiger partial charge >= 0.3 is 0 Å². The van der Waals surface area contributed by atoms with Crippen molar-refractivity contribution in [3.8, 4) is 17.2 Å². The zero-order valence-electron chi connectivity index (χ0n) is 15.0. The molecule has 0 heterocycles. The van der Waals surface area contributed by atoms with E-state index in [1.165, 1.54) is 0 Å². The van der Waals surface area contributed by atoms with Gasteiger partial charge in [-0.25, -0.2) is 0 Å². The summed E-state index contributed by atoms with van der Waals surface area (Å²) in [6.45, 7) is 4.98. The summed E-state index contributed by atoms with van der Waals surface area (Å²) in [5, 5.41) is 6.65. The van der Waals surface area contributed by atoms with Gasteiger partial charge in [0.2, 0.25) is 0 Å². The Kier molecular flexibility index (Phi) is 8.08. The van der Waals surface area contributed by atoms with Gasteiger partial charge in [0.15, 0.2) is 5.96 Å². The number of aliphatic imine (C=N–C) groups is 1. The van der Waals surface area contributed by atoms with Crippen molar-refractivity contribution < 1.29 is 14.2 Å². The van der Waals surface area contributed by atoms with Gasteiger partial charge < -0.3 is 24.8 Å². The van der Waals surface area contributed by atoms with Crippen LogP contribution in [0.5, 0.6) is 17.2 Å². The molecule has 0 aliphatic rings. The fourth-order valence-corrected chi connectivity index (χ4v) is 2.16. The van der Waals surface area contributed by atoms with E-state index in [1.54, 1.807) is 28.4 Å². The van der Waals surface area contributed by atoms with Crippen LogP contribution in [0, 0.1) is 0 Å². The summed E-state index contributed by atoms with van der Waals surface area (Å²) < 4.78 is 16.2. The molecule has 0 saturated heterocycles. The van der Waals surface area contributed by atoms with Crippen molar-refractivity contribution in [2.24, 2.45) is 4.99 Å². The lowest BCUT2D eigenvalue weighted by molar-refractivity contribution is 0.368. The second kappa shape index (κ2) is 9.82. The van der Waals surface area contributed by atoms with Crippen LogP contribution in [0.3, 0.4) is 0 Å². The Labute approximate surface area is 139 Å². The van der Waals surface area contributed by atoms with Crippen LogP contribution in [0.15, 0.2) is 17.1 Å². The van der Waals surface area contributed by atoms with Crippen LogP contribution < -0.4 is 24.8 Å². The molecular weight excluding hydrogens is 294 g/mol. The summed E-state index contributed by atoms with van der Waals surface area (Å²) in [5.74, 6) is 3.02. The quantitative estimate of drug-likeness (QED) is 0.567. The summed E-state index contributed by atoms with van der Waals surface area (Å²) in [4.78, 5) is 4.23. The molecule has 0 bridgehead atoms. The van der Waals surface area contributed by atoms with Gasteiger partial charge in [0, 0.05) is 37.3 Å². The van der Waals surface area contributed by atoms with Crippen LogP contribution in [0.2, 0.25) is 0 Å². The highest BCUT2D eigenvalue weighted by molar-refractivity contribution is 5.79. The van der Waals surface area contributed by atoms with Crippen LogP contribution in [0.1, 0.15) is 25.8 Å². The third kappa shape index (κ3) is 5.54. The van der Waals surface area contributed by atoms with Crippen molar-refractivity contribution in [1.82, 2.24) is 10.6 Å². The molecule has 130 valence electrons. The molecule has 0 saturated carbocycles. The number of nitrogens with one attached hydrogen (secondary N) is 2. The van der Waals surface area contributed by atoms with E-state index in [0.29, 0.717) is 11.8 Å². The van der Waals surface area contributed by atoms with Crippen molar-refractivity contribution in [1.29, 1.82) is 0 Å². The first kappa shape index (κ1) is 18.9. The third-order valence-electron chi connectivity index (χ3n) is 3.70. The van der Waals surface area contributed by atoms with E-state index >= 15 is 0 Å². The topological polar surface area (TPSA) is 64.1 Å². The largest absolute Gasteiger partial charge is 0.496 e. The summed E-state index contributed by atoms with van der Waals surface area (Å²) in [6, 6.07) is 4.11. The molecule has 0 aliphatic carbocycles. The van der Waals surface area contributed by atoms with Gasteiger partial charge in [-0.05, 0) is 19.8 Å². The van der Waals surface area contributed by atoms with Crippen molar-refractivity contribution in [3.05, 3.63) is 17.7 Å². The lowest BCUT2D eigenvalue weighted by Crippen LogP contribution is -2.42. The molecule has 1 aromatic rings. The molecule has 0 amide bonds. The van der Waals surface area contributed by atoms with E-state index in [-0.39, 0.29) is 0 Å². The Morgan fingerprint density at radius 2 is 1.74 bits per heavy atom. The zero-order valence-corrected chi connectivity index (χ0v) is 15.0. The molecule has 6 nitrogen and oxygen atoms in total. The maximum atomic E-state index is 5.46. The number of hydrogen-bond donors (Lipinski definition) is 2. The third-order valence-corrected chi connectivity index (χ3v) is 3.70. The van der Waals surface area contributed by atoms with Crippen LogP contribution in [-0.2, 0) is 6.42 Å². The molecule has 0 fully saturated rings. The normalized spacial score (nSPS) is 12.5.